The van der Waals surface area contributed by atoms with Gasteiger partial charge in [-0.3, -0.25) is 0 Å². The highest BCUT2D eigenvalue weighted by atomic mass is 35.5. The minimum Gasteiger partial charge on any atom is -0.372 e. The summed E-state index contributed by atoms with van der Waals surface area (Å²) in [5, 5.41) is 3.63. The van der Waals surface area contributed by atoms with E-state index in [1.165, 1.54) is 23.1 Å². The number of benzene rings is 2. The predicted octanol–water partition coefficient (Wildman–Crippen LogP) is 5.42. The normalized spacial score (nSPS) is 20.8. The van der Waals surface area contributed by atoms with Gasteiger partial charge in [-0.15, -0.1) is 12.4 Å². The fourth-order valence-corrected chi connectivity index (χ4v) is 3.36. The van der Waals surface area contributed by atoms with Gasteiger partial charge < -0.3 is 10.1 Å². The van der Waals surface area contributed by atoms with E-state index in [4.69, 9.17) is 4.74 Å². The lowest BCUT2D eigenvalue weighted by Gasteiger charge is -2.33. The maximum atomic E-state index is 6.34. The molecule has 1 N–H and O–H groups in total. The van der Waals surface area contributed by atoms with Crippen molar-refractivity contribution in [3.8, 4) is 0 Å². The van der Waals surface area contributed by atoms with Crippen molar-refractivity contribution in [2.75, 3.05) is 6.54 Å². The number of rotatable bonds is 4. The van der Waals surface area contributed by atoms with Crippen LogP contribution in [0.1, 0.15) is 56.3 Å². The van der Waals surface area contributed by atoms with E-state index in [0.29, 0.717) is 12.6 Å². The molecule has 1 saturated heterocycles. The Bertz CT molecular complexity index is 651. The van der Waals surface area contributed by atoms with Gasteiger partial charge in [-0.05, 0) is 41.5 Å². The largest absolute Gasteiger partial charge is 0.372 e. The topological polar surface area (TPSA) is 21.3 Å². The molecule has 2 aromatic rings. The smallest absolute Gasteiger partial charge is 0.0774 e. The summed E-state index contributed by atoms with van der Waals surface area (Å²) in [4.78, 5) is 0. The van der Waals surface area contributed by atoms with Gasteiger partial charge in [0.2, 0.25) is 0 Å². The zero-order valence-electron chi connectivity index (χ0n) is 15.5. The van der Waals surface area contributed by atoms with E-state index in [2.05, 4.69) is 80.7 Å². The van der Waals surface area contributed by atoms with Crippen LogP contribution < -0.4 is 5.32 Å². The molecule has 0 spiro atoms. The number of ether oxygens (including phenoxy) is 1. The molecule has 1 heterocycles. The second kappa shape index (κ2) is 8.84. The number of piperidine rings is 1. The van der Waals surface area contributed by atoms with Crippen molar-refractivity contribution in [2.45, 2.75) is 57.8 Å². The molecule has 3 rings (SSSR count). The third-order valence-corrected chi connectivity index (χ3v) is 4.82. The summed E-state index contributed by atoms with van der Waals surface area (Å²) in [5.74, 6) is 0. The molecule has 1 aliphatic heterocycles. The molecule has 0 bridgehead atoms. The molecule has 2 atom stereocenters. The van der Waals surface area contributed by atoms with Crippen molar-refractivity contribution in [1.29, 1.82) is 0 Å². The minimum atomic E-state index is 0. The van der Waals surface area contributed by atoms with Crippen LogP contribution >= 0.6 is 12.4 Å². The first-order valence-electron chi connectivity index (χ1n) is 9.03. The maximum absolute atomic E-state index is 6.34. The fraction of sp³-hybridized carbons (Fsp3) is 0.455. The molecule has 1 aliphatic rings. The quantitative estimate of drug-likeness (QED) is 0.787. The number of halogens is 1. The monoisotopic (exact) mass is 359 g/mol. The fourth-order valence-electron chi connectivity index (χ4n) is 3.36. The van der Waals surface area contributed by atoms with E-state index in [9.17, 15) is 0 Å². The van der Waals surface area contributed by atoms with Crippen molar-refractivity contribution in [3.63, 3.8) is 0 Å². The van der Waals surface area contributed by atoms with Crippen LogP contribution in [-0.4, -0.2) is 12.6 Å². The summed E-state index contributed by atoms with van der Waals surface area (Å²) >= 11 is 0. The van der Waals surface area contributed by atoms with Gasteiger partial charge >= 0.3 is 0 Å². The summed E-state index contributed by atoms with van der Waals surface area (Å²) in [6, 6.07) is 19.8. The number of nitrogens with one attached hydrogen (secondary N) is 1. The minimum absolute atomic E-state index is 0. The zero-order chi connectivity index (χ0) is 17.0. The van der Waals surface area contributed by atoms with E-state index in [1.807, 2.05) is 0 Å². The molecule has 0 unspecified atom stereocenters. The van der Waals surface area contributed by atoms with Crippen LogP contribution in [0.25, 0.3) is 0 Å². The van der Waals surface area contributed by atoms with Gasteiger partial charge in [0, 0.05) is 0 Å². The van der Waals surface area contributed by atoms with Crippen LogP contribution in [0.2, 0.25) is 0 Å². The molecular formula is C22H30ClNO. The second-order valence-electron chi connectivity index (χ2n) is 7.78. The summed E-state index contributed by atoms with van der Waals surface area (Å²) < 4.78 is 6.34. The van der Waals surface area contributed by atoms with Crippen LogP contribution in [0.3, 0.4) is 0 Å². The van der Waals surface area contributed by atoms with Gasteiger partial charge in [0.1, 0.15) is 0 Å². The van der Waals surface area contributed by atoms with E-state index in [0.717, 1.165) is 13.0 Å². The Hall–Kier alpha value is -1.35. The summed E-state index contributed by atoms with van der Waals surface area (Å²) in [6.45, 7) is 8.51. The van der Waals surface area contributed by atoms with Crippen LogP contribution in [0.15, 0.2) is 54.6 Å². The molecule has 0 aliphatic carbocycles. The Morgan fingerprint density at radius 1 is 1.04 bits per heavy atom. The average molecular weight is 360 g/mol. The Balaban J connectivity index is 0.00000225. The first-order chi connectivity index (χ1) is 11.5. The molecule has 25 heavy (non-hydrogen) atoms. The van der Waals surface area contributed by atoms with E-state index >= 15 is 0 Å². The van der Waals surface area contributed by atoms with Gasteiger partial charge in [-0.2, -0.15) is 0 Å². The highest BCUT2D eigenvalue weighted by molar-refractivity contribution is 5.85. The van der Waals surface area contributed by atoms with Crippen molar-refractivity contribution in [3.05, 3.63) is 71.3 Å². The molecule has 0 amide bonds. The molecule has 136 valence electrons. The van der Waals surface area contributed by atoms with Crippen molar-refractivity contribution < 1.29 is 4.74 Å². The number of hydrogen-bond donors (Lipinski definition) is 1. The number of hydrogen-bond acceptors (Lipinski definition) is 2. The highest BCUT2D eigenvalue weighted by Gasteiger charge is 2.26. The molecular weight excluding hydrogens is 330 g/mol. The molecule has 0 aromatic heterocycles. The zero-order valence-corrected chi connectivity index (χ0v) is 16.3. The van der Waals surface area contributed by atoms with Gasteiger partial charge in [-0.25, -0.2) is 0 Å². The lowest BCUT2D eigenvalue weighted by molar-refractivity contribution is -0.00360. The molecule has 2 nitrogen and oxygen atoms in total. The maximum Gasteiger partial charge on any atom is 0.0774 e. The lowest BCUT2D eigenvalue weighted by Crippen LogP contribution is -2.39. The van der Waals surface area contributed by atoms with Crippen molar-refractivity contribution in [2.24, 2.45) is 0 Å². The summed E-state index contributed by atoms with van der Waals surface area (Å²) in [5.41, 5.74) is 4.13. The van der Waals surface area contributed by atoms with Crippen LogP contribution in [0.5, 0.6) is 0 Å². The Morgan fingerprint density at radius 2 is 1.80 bits per heavy atom. The van der Waals surface area contributed by atoms with Crippen LogP contribution in [0, 0.1) is 0 Å². The molecule has 0 saturated carbocycles. The SMILES string of the molecule is CC(C)(C)c1cccc(CO[C@H]2CCCN[C@H]2c2ccccc2)c1.Cl. The highest BCUT2D eigenvalue weighted by Crippen LogP contribution is 2.28. The van der Waals surface area contributed by atoms with Crippen LogP contribution in [-0.2, 0) is 16.8 Å². The predicted molar refractivity (Wildman–Crippen MR) is 107 cm³/mol. The van der Waals surface area contributed by atoms with Gasteiger partial charge in [0.15, 0.2) is 0 Å². The summed E-state index contributed by atoms with van der Waals surface area (Å²) in [7, 11) is 0. The standard InChI is InChI=1S/C22H29NO.ClH/c1-22(2,3)19-12-7-9-17(15-19)16-24-20-13-8-14-23-21(20)18-10-5-4-6-11-18;/h4-7,9-12,15,20-21,23H,8,13-14,16H2,1-3H3;1H/t20-,21-;/m0./s1. The third kappa shape index (κ3) is 5.31. The Morgan fingerprint density at radius 3 is 2.52 bits per heavy atom. The third-order valence-electron chi connectivity index (χ3n) is 4.82. The molecule has 2 aromatic carbocycles. The van der Waals surface area contributed by atoms with Gasteiger partial charge in [0.05, 0.1) is 18.8 Å². The van der Waals surface area contributed by atoms with Gasteiger partial charge in [-0.1, -0.05) is 75.4 Å². The van der Waals surface area contributed by atoms with E-state index in [-0.39, 0.29) is 23.9 Å². The Labute approximate surface area is 158 Å². The van der Waals surface area contributed by atoms with Gasteiger partial charge in [0.25, 0.3) is 0 Å². The van der Waals surface area contributed by atoms with E-state index in [1.54, 1.807) is 0 Å². The average Bonchev–Trinajstić information content (AvgIpc) is 2.60. The first kappa shape index (κ1) is 20.0. The first-order valence-corrected chi connectivity index (χ1v) is 9.03. The van der Waals surface area contributed by atoms with Crippen molar-refractivity contribution in [1.82, 2.24) is 5.32 Å². The van der Waals surface area contributed by atoms with Crippen molar-refractivity contribution >= 4 is 12.4 Å². The van der Waals surface area contributed by atoms with Crippen LogP contribution in [0.4, 0.5) is 0 Å². The Kier molecular flexibility index (Phi) is 7.06. The van der Waals surface area contributed by atoms with E-state index < -0.39 is 0 Å². The second-order valence-corrected chi connectivity index (χ2v) is 7.78. The molecule has 1 fully saturated rings. The lowest BCUT2D eigenvalue weighted by atomic mass is 9.86. The summed E-state index contributed by atoms with van der Waals surface area (Å²) in [6.07, 6.45) is 2.53. The molecule has 3 heteroatoms. The molecule has 0 radical (unpaired) electrons.